The van der Waals surface area contributed by atoms with Crippen molar-refractivity contribution in [3.05, 3.63) is 34.7 Å². The molecule has 0 radical (unpaired) electrons. The molecule has 3 rings (SSSR count). The van der Waals surface area contributed by atoms with Gasteiger partial charge in [0, 0.05) is 23.8 Å². The van der Waals surface area contributed by atoms with Crippen LogP contribution in [-0.4, -0.2) is 22.7 Å². The van der Waals surface area contributed by atoms with Crippen molar-refractivity contribution in [2.75, 3.05) is 7.11 Å². The third-order valence-corrected chi connectivity index (χ3v) is 4.16. The van der Waals surface area contributed by atoms with Gasteiger partial charge in [-0.25, -0.2) is 4.98 Å². The van der Waals surface area contributed by atoms with Gasteiger partial charge in [-0.05, 0) is 53.0 Å². The summed E-state index contributed by atoms with van der Waals surface area (Å²) in [5, 5.41) is 0. The van der Waals surface area contributed by atoms with Crippen molar-refractivity contribution in [3.8, 4) is 17.0 Å². The van der Waals surface area contributed by atoms with E-state index in [0.29, 0.717) is 0 Å². The Morgan fingerprint density at radius 3 is 2.79 bits per heavy atom. The largest absolute Gasteiger partial charge is 0.497 e. The molecule has 0 aliphatic carbocycles. The van der Waals surface area contributed by atoms with Crippen LogP contribution in [-0.2, 0) is 13.0 Å². The fraction of sp³-hybridized carbons (Fsp3) is 0.357. The van der Waals surface area contributed by atoms with Crippen molar-refractivity contribution in [1.82, 2.24) is 9.55 Å². The summed E-state index contributed by atoms with van der Waals surface area (Å²) in [7, 11) is 1.67. The molecule has 2 aromatic rings. The summed E-state index contributed by atoms with van der Waals surface area (Å²) in [5.41, 5.74) is 9.44. The van der Waals surface area contributed by atoms with Crippen molar-refractivity contribution in [1.29, 1.82) is 0 Å². The molecule has 5 heteroatoms. The third-order valence-electron chi connectivity index (χ3n) is 3.56. The number of aromatic nitrogens is 2. The molecule has 0 saturated carbocycles. The highest BCUT2D eigenvalue weighted by atomic mass is 79.9. The number of benzene rings is 1. The highest BCUT2D eigenvalue weighted by Gasteiger charge is 2.23. The molecule has 1 aromatic carbocycles. The zero-order valence-corrected chi connectivity index (χ0v) is 12.4. The van der Waals surface area contributed by atoms with E-state index in [4.69, 9.17) is 10.5 Å². The minimum Gasteiger partial charge on any atom is -0.497 e. The normalized spacial score (nSPS) is 18.2. The van der Waals surface area contributed by atoms with Gasteiger partial charge in [0.15, 0.2) is 4.73 Å². The summed E-state index contributed by atoms with van der Waals surface area (Å²) in [6, 6.07) is 8.24. The van der Waals surface area contributed by atoms with Crippen LogP contribution >= 0.6 is 15.9 Å². The second kappa shape index (κ2) is 4.98. The zero-order chi connectivity index (χ0) is 13.4. The lowest BCUT2D eigenvalue weighted by Gasteiger charge is -2.21. The lowest BCUT2D eigenvalue weighted by atomic mass is 10.0. The molecule has 2 heterocycles. The van der Waals surface area contributed by atoms with Gasteiger partial charge in [0.2, 0.25) is 0 Å². The number of imidazole rings is 1. The van der Waals surface area contributed by atoms with Gasteiger partial charge >= 0.3 is 0 Å². The Morgan fingerprint density at radius 2 is 2.11 bits per heavy atom. The standard InChI is InChI=1S/C14H16BrN3O/c1-19-11-5-2-9(3-6-11)13-12-7-4-10(16)8-18(12)14(15)17-13/h2-3,5-6,10H,4,7-8,16H2,1H3. The molecular formula is C14H16BrN3O. The average molecular weight is 322 g/mol. The van der Waals surface area contributed by atoms with Gasteiger partial charge in [0.25, 0.3) is 0 Å². The fourth-order valence-corrected chi connectivity index (χ4v) is 3.06. The molecule has 1 atom stereocenters. The molecule has 1 unspecified atom stereocenters. The summed E-state index contributed by atoms with van der Waals surface area (Å²) in [6.07, 6.45) is 1.99. The predicted octanol–water partition coefficient (Wildman–Crippen LogP) is 2.59. The average Bonchev–Trinajstić information content (AvgIpc) is 2.76. The van der Waals surface area contributed by atoms with Crippen LogP contribution in [0.25, 0.3) is 11.3 Å². The minimum atomic E-state index is 0.224. The van der Waals surface area contributed by atoms with E-state index in [1.807, 2.05) is 24.3 Å². The van der Waals surface area contributed by atoms with E-state index in [2.05, 4.69) is 25.5 Å². The van der Waals surface area contributed by atoms with Crippen molar-refractivity contribution in [3.63, 3.8) is 0 Å². The number of hydrogen-bond donors (Lipinski definition) is 1. The quantitative estimate of drug-likeness (QED) is 0.925. The van der Waals surface area contributed by atoms with Gasteiger partial charge < -0.3 is 15.0 Å². The first-order valence-corrected chi connectivity index (χ1v) is 7.13. The second-order valence-electron chi connectivity index (χ2n) is 4.81. The maximum absolute atomic E-state index is 6.02. The Balaban J connectivity index is 2.03. The molecular weight excluding hydrogens is 306 g/mol. The van der Waals surface area contributed by atoms with E-state index in [1.54, 1.807) is 7.11 Å². The van der Waals surface area contributed by atoms with Crippen LogP contribution in [0.5, 0.6) is 5.75 Å². The number of rotatable bonds is 2. The first-order chi connectivity index (χ1) is 9.19. The highest BCUT2D eigenvalue weighted by Crippen LogP contribution is 2.31. The summed E-state index contributed by atoms with van der Waals surface area (Å²) < 4.78 is 8.22. The molecule has 1 aliphatic heterocycles. The van der Waals surface area contributed by atoms with E-state index in [9.17, 15) is 0 Å². The molecule has 0 saturated heterocycles. The van der Waals surface area contributed by atoms with E-state index in [0.717, 1.165) is 41.1 Å². The Labute approximate surface area is 120 Å². The van der Waals surface area contributed by atoms with Crippen LogP contribution in [0.3, 0.4) is 0 Å². The maximum atomic E-state index is 6.02. The molecule has 0 bridgehead atoms. The number of nitrogens with two attached hydrogens (primary N) is 1. The Morgan fingerprint density at radius 1 is 1.37 bits per heavy atom. The first-order valence-electron chi connectivity index (χ1n) is 6.34. The first kappa shape index (κ1) is 12.7. The summed E-state index contributed by atoms with van der Waals surface area (Å²) in [5.74, 6) is 0.859. The lowest BCUT2D eigenvalue weighted by Crippen LogP contribution is -2.31. The third kappa shape index (κ3) is 2.28. The van der Waals surface area contributed by atoms with Crippen LogP contribution in [0.2, 0.25) is 0 Å². The fourth-order valence-electron chi connectivity index (χ4n) is 2.52. The smallest absolute Gasteiger partial charge is 0.177 e. The Kier molecular flexibility index (Phi) is 3.33. The van der Waals surface area contributed by atoms with Crippen molar-refractivity contribution < 1.29 is 4.74 Å². The maximum Gasteiger partial charge on any atom is 0.177 e. The molecule has 0 fully saturated rings. The van der Waals surface area contributed by atoms with Gasteiger partial charge in [-0.1, -0.05) is 0 Å². The number of fused-ring (bicyclic) bond motifs is 1. The zero-order valence-electron chi connectivity index (χ0n) is 10.8. The van der Waals surface area contributed by atoms with Gasteiger partial charge in [-0.3, -0.25) is 0 Å². The topological polar surface area (TPSA) is 53.1 Å². The Hall–Kier alpha value is -1.33. The molecule has 0 spiro atoms. The number of hydrogen-bond acceptors (Lipinski definition) is 3. The van der Waals surface area contributed by atoms with Crippen LogP contribution in [0.15, 0.2) is 29.0 Å². The van der Waals surface area contributed by atoms with Crippen LogP contribution < -0.4 is 10.5 Å². The molecule has 0 amide bonds. The highest BCUT2D eigenvalue weighted by molar-refractivity contribution is 9.10. The number of nitrogens with zero attached hydrogens (tertiary/aromatic N) is 2. The van der Waals surface area contributed by atoms with Crippen molar-refractivity contribution in [2.45, 2.75) is 25.4 Å². The summed E-state index contributed by atoms with van der Waals surface area (Å²) in [4.78, 5) is 4.64. The van der Waals surface area contributed by atoms with Gasteiger partial charge in [-0.15, -0.1) is 0 Å². The monoisotopic (exact) mass is 321 g/mol. The summed E-state index contributed by atoms with van der Waals surface area (Å²) >= 11 is 3.53. The Bertz CT molecular complexity index is 591. The van der Waals surface area contributed by atoms with Gasteiger partial charge in [-0.2, -0.15) is 0 Å². The molecule has 1 aliphatic rings. The minimum absolute atomic E-state index is 0.224. The molecule has 4 nitrogen and oxygen atoms in total. The van der Waals surface area contributed by atoms with Gasteiger partial charge in [0.05, 0.1) is 12.8 Å². The van der Waals surface area contributed by atoms with Gasteiger partial charge in [0.1, 0.15) is 5.75 Å². The van der Waals surface area contributed by atoms with Crippen LogP contribution in [0.1, 0.15) is 12.1 Å². The van der Waals surface area contributed by atoms with Crippen molar-refractivity contribution in [2.24, 2.45) is 5.73 Å². The molecule has 2 N–H and O–H groups in total. The number of methoxy groups -OCH3 is 1. The van der Waals surface area contributed by atoms with E-state index in [1.165, 1.54) is 5.69 Å². The van der Waals surface area contributed by atoms with Crippen molar-refractivity contribution >= 4 is 15.9 Å². The van der Waals surface area contributed by atoms with Crippen LogP contribution in [0, 0.1) is 0 Å². The van der Waals surface area contributed by atoms with E-state index < -0.39 is 0 Å². The molecule has 1 aromatic heterocycles. The SMILES string of the molecule is COc1ccc(-c2nc(Br)n3c2CCC(N)C3)cc1. The lowest BCUT2D eigenvalue weighted by molar-refractivity contribution is 0.415. The second-order valence-corrected chi connectivity index (χ2v) is 5.52. The number of halogens is 1. The molecule has 19 heavy (non-hydrogen) atoms. The predicted molar refractivity (Wildman–Crippen MR) is 78.2 cm³/mol. The number of ether oxygens (including phenoxy) is 1. The van der Waals surface area contributed by atoms with E-state index in [-0.39, 0.29) is 6.04 Å². The van der Waals surface area contributed by atoms with Crippen LogP contribution in [0.4, 0.5) is 0 Å². The van der Waals surface area contributed by atoms with E-state index >= 15 is 0 Å². The molecule has 100 valence electrons. The summed E-state index contributed by atoms with van der Waals surface area (Å²) in [6.45, 7) is 0.832.